The van der Waals surface area contributed by atoms with Gasteiger partial charge in [0.25, 0.3) is 0 Å². The van der Waals surface area contributed by atoms with E-state index in [4.69, 9.17) is 9.05 Å². The highest BCUT2D eigenvalue weighted by atomic mass is 32.7. The van der Waals surface area contributed by atoms with Crippen molar-refractivity contribution in [2.24, 2.45) is 0 Å². The highest BCUT2D eigenvalue weighted by molar-refractivity contribution is 8.55. The van der Waals surface area contributed by atoms with Gasteiger partial charge in [-0.25, -0.2) is 9.55 Å². The highest BCUT2D eigenvalue weighted by Gasteiger charge is 2.29. The molecule has 0 bridgehead atoms. The van der Waals surface area contributed by atoms with Crippen LogP contribution < -0.4 is 0 Å². The molecular formula is C14H20NO3PS2. The second-order valence-electron chi connectivity index (χ2n) is 4.47. The maximum atomic E-state index is 12.7. The van der Waals surface area contributed by atoms with Gasteiger partial charge < -0.3 is 4.52 Å². The average molecular weight is 345 g/mol. The van der Waals surface area contributed by atoms with E-state index in [-0.39, 0.29) is 6.10 Å². The van der Waals surface area contributed by atoms with Gasteiger partial charge in [0.05, 0.1) is 16.8 Å². The van der Waals surface area contributed by atoms with Crippen LogP contribution in [0.4, 0.5) is 0 Å². The summed E-state index contributed by atoms with van der Waals surface area (Å²) in [5.41, 5.74) is 0.945. The number of hydrogen-bond donors (Lipinski definition) is 0. The first-order chi connectivity index (χ1) is 10.1. The van der Waals surface area contributed by atoms with E-state index in [9.17, 15) is 4.57 Å². The van der Waals surface area contributed by atoms with Crippen molar-refractivity contribution in [2.45, 2.75) is 33.3 Å². The van der Waals surface area contributed by atoms with E-state index in [0.29, 0.717) is 6.61 Å². The smallest absolute Gasteiger partial charge is 0.301 e. The number of fused-ring (bicyclic) bond motifs is 1. The zero-order valence-corrected chi connectivity index (χ0v) is 15.0. The number of aromatic nitrogens is 1. The molecule has 2 aromatic rings. The van der Waals surface area contributed by atoms with Crippen molar-refractivity contribution in [2.75, 3.05) is 12.4 Å². The monoisotopic (exact) mass is 345 g/mol. The highest BCUT2D eigenvalue weighted by Crippen LogP contribution is 2.63. The van der Waals surface area contributed by atoms with Crippen LogP contribution in [0.5, 0.6) is 0 Å². The van der Waals surface area contributed by atoms with Gasteiger partial charge in [-0.15, -0.1) is 11.3 Å². The third-order valence-corrected chi connectivity index (χ3v) is 8.01. The molecule has 2 unspecified atom stereocenters. The predicted molar refractivity (Wildman–Crippen MR) is 91.1 cm³/mol. The van der Waals surface area contributed by atoms with Crippen LogP contribution in [0.2, 0.25) is 0 Å². The van der Waals surface area contributed by atoms with Gasteiger partial charge in [-0.1, -0.05) is 19.1 Å². The average Bonchev–Trinajstić information content (AvgIpc) is 2.89. The molecule has 2 rings (SSSR count). The number of rotatable bonds is 8. The zero-order valence-electron chi connectivity index (χ0n) is 12.4. The minimum absolute atomic E-state index is 0.343. The first kappa shape index (κ1) is 17.0. The summed E-state index contributed by atoms with van der Waals surface area (Å²) >= 11 is 2.83. The van der Waals surface area contributed by atoms with Crippen molar-refractivity contribution in [1.29, 1.82) is 0 Å². The van der Waals surface area contributed by atoms with Crippen molar-refractivity contribution in [3.8, 4) is 0 Å². The molecule has 0 N–H and O–H groups in total. The molecule has 0 spiro atoms. The van der Waals surface area contributed by atoms with Gasteiger partial charge in [0.15, 0.2) is 0 Å². The molecule has 1 heterocycles. The van der Waals surface area contributed by atoms with E-state index in [1.54, 1.807) is 11.3 Å². The van der Waals surface area contributed by atoms with Crippen molar-refractivity contribution >= 4 is 39.7 Å². The Morgan fingerprint density at radius 2 is 2.14 bits per heavy atom. The van der Waals surface area contributed by atoms with Crippen LogP contribution in [0.1, 0.15) is 38.3 Å². The summed E-state index contributed by atoms with van der Waals surface area (Å²) in [6.45, 7) is 3.00. The molecule has 7 heteroatoms. The summed E-state index contributed by atoms with van der Waals surface area (Å²) in [6, 6.07) is 7.94. The maximum absolute atomic E-state index is 12.7. The van der Waals surface area contributed by atoms with Gasteiger partial charge >= 0.3 is 6.80 Å². The van der Waals surface area contributed by atoms with Crippen molar-refractivity contribution in [1.82, 2.24) is 4.98 Å². The number of benzene rings is 1. The lowest BCUT2D eigenvalue weighted by Crippen LogP contribution is -2.00. The van der Waals surface area contributed by atoms with Crippen molar-refractivity contribution in [3.63, 3.8) is 0 Å². The summed E-state index contributed by atoms with van der Waals surface area (Å²) in [5.74, 6) is 0.754. The summed E-state index contributed by atoms with van der Waals surface area (Å²) in [4.78, 5) is 4.54. The Balaban J connectivity index is 2.13. The largest absolute Gasteiger partial charge is 0.389 e. The number of thiazole rings is 1. The molecule has 0 radical (unpaired) electrons. The quantitative estimate of drug-likeness (QED) is 0.578. The lowest BCUT2D eigenvalue weighted by Gasteiger charge is -2.19. The Bertz CT molecular complexity index is 598. The topological polar surface area (TPSA) is 48.4 Å². The molecule has 1 aromatic heterocycles. The molecule has 21 heavy (non-hydrogen) atoms. The van der Waals surface area contributed by atoms with Crippen molar-refractivity contribution < 1.29 is 13.6 Å². The number of nitrogens with zero attached hydrogens (tertiary/aromatic N) is 1. The van der Waals surface area contributed by atoms with Gasteiger partial charge in [0.1, 0.15) is 11.1 Å². The van der Waals surface area contributed by atoms with E-state index in [0.717, 1.165) is 27.4 Å². The third-order valence-electron chi connectivity index (χ3n) is 2.69. The zero-order chi connectivity index (χ0) is 15.3. The minimum atomic E-state index is -3.12. The Kier molecular flexibility index (Phi) is 6.26. The van der Waals surface area contributed by atoms with Crippen LogP contribution in [0.25, 0.3) is 10.2 Å². The fourth-order valence-corrected chi connectivity index (χ4v) is 6.52. The number of hydrogen-bond acceptors (Lipinski definition) is 6. The predicted octanol–water partition coefficient (Wildman–Crippen LogP) is 5.66. The summed E-state index contributed by atoms with van der Waals surface area (Å²) in [6.07, 6.45) is 0.588. The van der Waals surface area contributed by atoms with E-state index in [2.05, 4.69) is 4.98 Å². The fraction of sp³-hybridized carbons (Fsp3) is 0.500. The molecule has 0 amide bonds. The molecule has 0 aliphatic rings. The molecule has 116 valence electrons. The Hall–Kier alpha value is -0.390. The summed E-state index contributed by atoms with van der Waals surface area (Å²) in [5, 5.41) is 0.827. The summed E-state index contributed by atoms with van der Waals surface area (Å²) in [7, 11) is 0. The van der Waals surface area contributed by atoms with Crippen LogP contribution in [0.15, 0.2) is 24.3 Å². The maximum Gasteiger partial charge on any atom is 0.389 e. The van der Waals surface area contributed by atoms with Crippen LogP contribution in [0, 0.1) is 0 Å². The second-order valence-corrected chi connectivity index (χ2v) is 9.67. The van der Waals surface area contributed by atoms with Crippen LogP contribution in [0.3, 0.4) is 0 Å². The van der Waals surface area contributed by atoms with E-state index >= 15 is 0 Å². The minimum Gasteiger partial charge on any atom is -0.301 e. The van der Waals surface area contributed by atoms with E-state index in [1.165, 1.54) is 11.4 Å². The van der Waals surface area contributed by atoms with E-state index < -0.39 is 6.80 Å². The molecule has 0 fully saturated rings. The molecule has 1 aromatic carbocycles. The van der Waals surface area contributed by atoms with Crippen LogP contribution in [-0.4, -0.2) is 17.3 Å². The Morgan fingerprint density at radius 1 is 1.38 bits per heavy atom. The lowest BCUT2D eigenvalue weighted by molar-refractivity contribution is 0.176. The molecule has 0 saturated heterocycles. The molecule has 0 saturated carbocycles. The van der Waals surface area contributed by atoms with Crippen LogP contribution >= 0.6 is 29.5 Å². The first-order valence-corrected chi connectivity index (χ1v) is 11.0. The van der Waals surface area contributed by atoms with Gasteiger partial charge in [-0.3, -0.25) is 4.52 Å². The van der Waals surface area contributed by atoms with Gasteiger partial charge in [-0.2, -0.15) is 0 Å². The second kappa shape index (κ2) is 7.75. The third kappa shape index (κ3) is 4.54. The Labute approximate surface area is 133 Å². The van der Waals surface area contributed by atoms with Gasteiger partial charge in [0, 0.05) is 5.75 Å². The molecular weight excluding hydrogens is 325 g/mol. The first-order valence-electron chi connectivity index (χ1n) is 7.01. The van der Waals surface area contributed by atoms with Crippen molar-refractivity contribution in [3.05, 3.63) is 29.3 Å². The number of para-hydroxylation sites is 1. The normalized spacial score (nSPS) is 16.0. The molecule has 0 aliphatic heterocycles. The summed E-state index contributed by atoms with van der Waals surface area (Å²) < 4.78 is 24.9. The fourth-order valence-electron chi connectivity index (χ4n) is 1.76. The van der Waals surface area contributed by atoms with Gasteiger partial charge in [0.2, 0.25) is 0 Å². The molecule has 2 atom stereocenters. The van der Waals surface area contributed by atoms with Crippen LogP contribution in [-0.2, 0) is 13.6 Å². The molecule has 0 aliphatic carbocycles. The Morgan fingerprint density at radius 3 is 2.81 bits per heavy atom. The SMILES string of the molecule is CCCSP(=O)(OCC)OC(C)c1nc2ccccc2s1. The standard InChI is InChI=1S/C14H20NO3PS2/c1-4-10-20-19(16,17-5-2)18-11(3)14-15-12-8-6-7-9-13(12)21-14/h6-9,11H,4-5,10H2,1-3H3. The van der Waals surface area contributed by atoms with Gasteiger partial charge in [-0.05, 0) is 43.8 Å². The molecule has 4 nitrogen and oxygen atoms in total. The lowest BCUT2D eigenvalue weighted by atomic mass is 10.3. The van der Waals surface area contributed by atoms with E-state index in [1.807, 2.05) is 45.0 Å².